The standard InChI is InChI=1S/C29H30N4O4S/c1-4-18(2)30-23-7-5-6-8-25(23)37-21-13-14-22-24(16-21)33(3)27(31-22)17-36-20-11-9-19(10-12-20)15-26-28(34)32-29(35)38-26/h5-14,16,18,26,30H,4,15,17H2,1-3H3,(H,32,34,35). The molecular formula is C29H30N4O4S. The third-order valence-corrected chi connectivity index (χ3v) is 7.53. The van der Waals surface area contributed by atoms with Crippen molar-refractivity contribution < 1.29 is 19.1 Å². The van der Waals surface area contributed by atoms with Crippen LogP contribution < -0.4 is 20.1 Å². The Hall–Kier alpha value is -3.98. The van der Waals surface area contributed by atoms with Gasteiger partial charge in [-0.05, 0) is 61.7 Å². The molecule has 0 aliphatic carbocycles. The van der Waals surface area contributed by atoms with Gasteiger partial charge in [0.15, 0.2) is 5.75 Å². The molecule has 5 rings (SSSR count). The summed E-state index contributed by atoms with van der Waals surface area (Å²) in [6.45, 7) is 4.60. The van der Waals surface area contributed by atoms with Crippen molar-refractivity contribution in [2.24, 2.45) is 7.05 Å². The molecule has 9 heteroatoms. The topological polar surface area (TPSA) is 94.5 Å². The van der Waals surface area contributed by atoms with Gasteiger partial charge in [-0.25, -0.2) is 4.98 Å². The number of nitrogens with zero attached hydrogens (tertiary/aromatic N) is 2. The SMILES string of the molecule is CCC(C)Nc1ccccc1Oc1ccc2nc(COc3ccc(CC4SC(=O)NC4=O)cc3)n(C)c2c1. The first-order chi connectivity index (χ1) is 18.4. The third-order valence-electron chi connectivity index (χ3n) is 6.55. The van der Waals surface area contributed by atoms with Gasteiger partial charge >= 0.3 is 0 Å². The average Bonchev–Trinajstić information content (AvgIpc) is 3.41. The molecule has 4 aromatic rings. The Morgan fingerprint density at radius 1 is 1.08 bits per heavy atom. The molecule has 2 amide bonds. The molecule has 1 saturated heterocycles. The molecule has 1 aromatic heterocycles. The summed E-state index contributed by atoms with van der Waals surface area (Å²) in [6, 6.07) is 21.7. The molecule has 2 atom stereocenters. The quantitative estimate of drug-likeness (QED) is 0.258. The number of fused-ring (bicyclic) bond motifs is 1. The van der Waals surface area contributed by atoms with Crippen LogP contribution in [0.1, 0.15) is 31.7 Å². The van der Waals surface area contributed by atoms with Crippen molar-refractivity contribution in [1.82, 2.24) is 14.9 Å². The summed E-state index contributed by atoms with van der Waals surface area (Å²) in [6.07, 6.45) is 1.51. The lowest BCUT2D eigenvalue weighted by Gasteiger charge is -2.17. The van der Waals surface area contributed by atoms with E-state index in [0.717, 1.165) is 57.8 Å². The number of para-hydroxylation sites is 2. The zero-order valence-corrected chi connectivity index (χ0v) is 22.4. The molecule has 0 radical (unpaired) electrons. The fourth-order valence-electron chi connectivity index (χ4n) is 4.19. The van der Waals surface area contributed by atoms with Crippen LogP contribution in [-0.2, 0) is 24.9 Å². The average molecular weight is 531 g/mol. The zero-order chi connectivity index (χ0) is 26.6. The molecule has 2 unspecified atom stereocenters. The molecule has 2 heterocycles. The molecule has 0 spiro atoms. The molecule has 8 nitrogen and oxygen atoms in total. The van der Waals surface area contributed by atoms with E-state index in [1.165, 1.54) is 0 Å². The Balaban J connectivity index is 1.25. The van der Waals surface area contributed by atoms with Crippen LogP contribution in [0.2, 0.25) is 0 Å². The second kappa shape index (κ2) is 11.2. The van der Waals surface area contributed by atoms with Crippen molar-refractivity contribution in [1.29, 1.82) is 0 Å². The fraction of sp³-hybridized carbons (Fsp3) is 0.276. The number of amides is 2. The molecule has 2 N–H and O–H groups in total. The molecule has 196 valence electrons. The first kappa shape index (κ1) is 25.7. The highest BCUT2D eigenvalue weighted by Gasteiger charge is 2.31. The number of ether oxygens (including phenoxy) is 2. The van der Waals surface area contributed by atoms with Gasteiger partial charge in [0.2, 0.25) is 5.91 Å². The van der Waals surface area contributed by atoms with Crippen LogP contribution in [0, 0.1) is 0 Å². The van der Waals surface area contributed by atoms with Crippen LogP contribution in [0.3, 0.4) is 0 Å². The maximum absolute atomic E-state index is 11.8. The molecule has 1 aliphatic rings. The maximum atomic E-state index is 11.8. The monoisotopic (exact) mass is 530 g/mol. The van der Waals surface area contributed by atoms with E-state index in [4.69, 9.17) is 14.5 Å². The van der Waals surface area contributed by atoms with Gasteiger partial charge in [0, 0.05) is 19.2 Å². The van der Waals surface area contributed by atoms with Gasteiger partial charge in [0.1, 0.15) is 23.9 Å². The molecule has 1 fully saturated rings. The van der Waals surface area contributed by atoms with Crippen LogP contribution in [0.4, 0.5) is 10.5 Å². The number of carbonyl (C=O) groups is 2. The van der Waals surface area contributed by atoms with Crippen LogP contribution in [0.5, 0.6) is 17.2 Å². The van der Waals surface area contributed by atoms with Crippen molar-refractivity contribution in [3.05, 3.63) is 78.1 Å². The lowest BCUT2D eigenvalue weighted by atomic mass is 10.1. The summed E-state index contributed by atoms with van der Waals surface area (Å²) in [5.74, 6) is 2.77. The van der Waals surface area contributed by atoms with Crippen molar-refractivity contribution in [2.75, 3.05) is 5.32 Å². The van der Waals surface area contributed by atoms with E-state index in [1.54, 1.807) is 0 Å². The molecule has 1 aliphatic heterocycles. The smallest absolute Gasteiger partial charge is 0.286 e. The van der Waals surface area contributed by atoms with Crippen molar-refractivity contribution in [3.63, 3.8) is 0 Å². The number of hydrogen-bond donors (Lipinski definition) is 2. The summed E-state index contributed by atoms with van der Waals surface area (Å²) >= 11 is 1.03. The normalized spacial score (nSPS) is 15.9. The molecule has 3 aromatic carbocycles. The van der Waals surface area contributed by atoms with E-state index < -0.39 is 0 Å². The highest BCUT2D eigenvalue weighted by Crippen LogP contribution is 2.32. The van der Waals surface area contributed by atoms with Crippen molar-refractivity contribution in [2.45, 2.75) is 44.6 Å². The number of aryl methyl sites for hydroxylation is 1. The first-order valence-electron chi connectivity index (χ1n) is 12.6. The molecule has 0 bridgehead atoms. The van der Waals surface area contributed by atoms with Crippen molar-refractivity contribution in [3.8, 4) is 17.2 Å². The number of carbonyl (C=O) groups excluding carboxylic acids is 2. The summed E-state index contributed by atoms with van der Waals surface area (Å²) in [4.78, 5) is 27.9. The van der Waals surface area contributed by atoms with Gasteiger partial charge in [-0.2, -0.15) is 0 Å². The lowest BCUT2D eigenvalue weighted by Crippen LogP contribution is -2.25. The summed E-state index contributed by atoms with van der Waals surface area (Å²) in [5, 5.41) is 5.15. The van der Waals surface area contributed by atoms with E-state index in [0.29, 0.717) is 24.8 Å². The van der Waals surface area contributed by atoms with E-state index >= 15 is 0 Å². The fourth-order valence-corrected chi connectivity index (χ4v) is 5.05. The van der Waals surface area contributed by atoms with Crippen LogP contribution in [-0.4, -0.2) is 32.0 Å². The van der Waals surface area contributed by atoms with E-state index in [9.17, 15) is 9.59 Å². The number of thioether (sulfide) groups is 1. The highest BCUT2D eigenvalue weighted by molar-refractivity contribution is 8.15. The minimum atomic E-state index is -0.382. The van der Waals surface area contributed by atoms with E-state index in [-0.39, 0.29) is 16.4 Å². The van der Waals surface area contributed by atoms with Gasteiger partial charge in [-0.1, -0.05) is 43.0 Å². The minimum absolute atomic E-state index is 0.234. The Labute approximate surface area is 225 Å². The predicted octanol–water partition coefficient (Wildman–Crippen LogP) is 6.05. The molecular weight excluding hydrogens is 500 g/mol. The number of anilines is 1. The number of rotatable bonds is 10. The van der Waals surface area contributed by atoms with Gasteiger partial charge in [0.05, 0.1) is 22.0 Å². The number of aromatic nitrogens is 2. The highest BCUT2D eigenvalue weighted by atomic mass is 32.2. The summed E-state index contributed by atoms with van der Waals surface area (Å²) < 4.78 is 14.2. The van der Waals surface area contributed by atoms with Gasteiger partial charge < -0.3 is 19.4 Å². The summed E-state index contributed by atoms with van der Waals surface area (Å²) in [7, 11) is 1.96. The van der Waals surface area contributed by atoms with Crippen LogP contribution in [0.15, 0.2) is 66.7 Å². The Bertz CT molecular complexity index is 1470. The summed E-state index contributed by atoms with van der Waals surface area (Å²) in [5.41, 5.74) is 3.74. The Morgan fingerprint density at radius 2 is 1.84 bits per heavy atom. The second-order valence-corrected chi connectivity index (χ2v) is 10.5. The molecule has 38 heavy (non-hydrogen) atoms. The Morgan fingerprint density at radius 3 is 2.58 bits per heavy atom. The number of benzene rings is 3. The second-order valence-electron chi connectivity index (χ2n) is 9.31. The minimum Gasteiger partial charge on any atom is -0.486 e. The van der Waals surface area contributed by atoms with Gasteiger partial charge in [-0.15, -0.1) is 0 Å². The third kappa shape index (κ3) is 5.78. The maximum Gasteiger partial charge on any atom is 0.286 e. The predicted molar refractivity (Wildman–Crippen MR) is 150 cm³/mol. The van der Waals surface area contributed by atoms with Gasteiger partial charge in [-0.3, -0.25) is 14.9 Å². The number of imide groups is 1. The Kier molecular flexibility index (Phi) is 7.55. The first-order valence-corrected chi connectivity index (χ1v) is 13.5. The van der Waals surface area contributed by atoms with Crippen molar-refractivity contribution >= 4 is 39.6 Å². The van der Waals surface area contributed by atoms with Gasteiger partial charge in [0.25, 0.3) is 5.24 Å². The van der Waals surface area contributed by atoms with E-state index in [1.807, 2.05) is 78.3 Å². The number of nitrogens with one attached hydrogen (secondary N) is 2. The number of hydrogen-bond acceptors (Lipinski definition) is 7. The van der Waals surface area contributed by atoms with Crippen LogP contribution >= 0.6 is 11.8 Å². The zero-order valence-electron chi connectivity index (χ0n) is 21.6. The largest absolute Gasteiger partial charge is 0.486 e. The lowest BCUT2D eigenvalue weighted by molar-refractivity contribution is -0.118. The number of imidazole rings is 1. The van der Waals surface area contributed by atoms with E-state index in [2.05, 4.69) is 24.5 Å². The molecule has 0 saturated carbocycles. The van der Waals surface area contributed by atoms with Crippen LogP contribution in [0.25, 0.3) is 11.0 Å².